The maximum absolute atomic E-state index is 10.2. The van der Waals surface area contributed by atoms with E-state index >= 15 is 0 Å². The second-order valence-corrected chi connectivity index (χ2v) is 3.86. The molecule has 4 nitrogen and oxygen atoms in total. The Bertz CT molecular complexity index is 225. The summed E-state index contributed by atoms with van der Waals surface area (Å²) in [6.45, 7) is 1.90. The number of hydrogen-bond acceptors (Lipinski definition) is 3. The maximum Gasteiger partial charge on any atom is 0.344 e. The van der Waals surface area contributed by atoms with Crippen LogP contribution in [-0.4, -0.2) is 23.4 Å². The lowest BCUT2D eigenvalue weighted by Crippen LogP contribution is -2.06. The number of nitrogens with zero attached hydrogens (tertiary/aromatic N) is 1. The molecule has 1 fully saturated rings. The number of aliphatic carboxylic acids is 1. The highest BCUT2D eigenvalue weighted by Crippen LogP contribution is 2.20. The van der Waals surface area contributed by atoms with Crippen molar-refractivity contribution in [2.75, 3.05) is 6.61 Å². The monoisotopic (exact) mass is 199 g/mol. The SMILES string of the molecule is CC1CCCC(=NOCC(=O)O)CC1. The van der Waals surface area contributed by atoms with Crippen LogP contribution in [0.25, 0.3) is 0 Å². The van der Waals surface area contributed by atoms with Gasteiger partial charge < -0.3 is 9.94 Å². The molecule has 0 aromatic rings. The predicted molar refractivity (Wildman–Crippen MR) is 53.3 cm³/mol. The topological polar surface area (TPSA) is 58.9 Å². The quantitative estimate of drug-likeness (QED) is 0.559. The highest BCUT2D eigenvalue weighted by atomic mass is 16.6. The molecule has 1 rings (SSSR count). The van der Waals surface area contributed by atoms with Crippen molar-refractivity contribution < 1.29 is 14.7 Å². The first-order chi connectivity index (χ1) is 6.68. The van der Waals surface area contributed by atoms with E-state index in [9.17, 15) is 4.79 Å². The lowest BCUT2D eigenvalue weighted by Gasteiger charge is -2.03. The van der Waals surface area contributed by atoms with Crippen molar-refractivity contribution in [3.63, 3.8) is 0 Å². The largest absolute Gasteiger partial charge is 0.479 e. The van der Waals surface area contributed by atoms with E-state index < -0.39 is 5.97 Å². The van der Waals surface area contributed by atoms with Gasteiger partial charge in [0.15, 0.2) is 0 Å². The molecule has 80 valence electrons. The maximum atomic E-state index is 10.2. The Morgan fingerprint density at radius 1 is 1.57 bits per heavy atom. The molecule has 0 bridgehead atoms. The zero-order valence-corrected chi connectivity index (χ0v) is 8.53. The average Bonchev–Trinajstić information content (AvgIpc) is 2.30. The van der Waals surface area contributed by atoms with E-state index in [0.717, 1.165) is 37.3 Å². The van der Waals surface area contributed by atoms with Crippen LogP contribution in [-0.2, 0) is 9.63 Å². The lowest BCUT2D eigenvalue weighted by molar-refractivity contribution is -0.142. The van der Waals surface area contributed by atoms with Gasteiger partial charge in [0.2, 0.25) is 6.61 Å². The van der Waals surface area contributed by atoms with Crippen LogP contribution >= 0.6 is 0 Å². The van der Waals surface area contributed by atoms with Crippen LogP contribution in [0, 0.1) is 5.92 Å². The van der Waals surface area contributed by atoms with Crippen LogP contribution in [0.15, 0.2) is 5.16 Å². The van der Waals surface area contributed by atoms with E-state index in [1.807, 2.05) is 0 Å². The van der Waals surface area contributed by atoms with Gasteiger partial charge in [0.25, 0.3) is 0 Å². The van der Waals surface area contributed by atoms with E-state index in [2.05, 4.69) is 12.1 Å². The van der Waals surface area contributed by atoms with E-state index in [4.69, 9.17) is 9.94 Å². The van der Waals surface area contributed by atoms with Crippen LogP contribution in [0.2, 0.25) is 0 Å². The van der Waals surface area contributed by atoms with Gasteiger partial charge in [-0.3, -0.25) is 0 Å². The molecule has 0 aliphatic heterocycles. The fraction of sp³-hybridized carbons (Fsp3) is 0.800. The summed E-state index contributed by atoms with van der Waals surface area (Å²) >= 11 is 0. The first-order valence-corrected chi connectivity index (χ1v) is 5.08. The number of rotatable bonds is 3. The molecule has 4 heteroatoms. The van der Waals surface area contributed by atoms with Crippen LogP contribution in [0.1, 0.15) is 39.0 Å². The molecule has 0 amide bonds. The first-order valence-electron chi connectivity index (χ1n) is 5.08. The highest BCUT2D eigenvalue weighted by molar-refractivity contribution is 5.84. The summed E-state index contributed by atoms with van der Waals surface area (Å²) < 4.78 is 0. The van der Waals surface area contributed by atoms with Gasteiger partial charge in [0.1, 0.15) is 0 Å². The normalized spacial score (nSPS) is 25.8. The molecule has 0 radical (unpaired) electrons. The minimum absolute atomic E-state index is 0.334. The molecule has 1 unspecified atom stereocenters. The molecule has 0 aromatic heterocycles. The van der Waals surface area contributed by atoms with E-state index in [1.54, 1.807) is 0 Å². The summed E-state index contributed by atoms with van der Waals surface area (Å²) in [6.07, 6.45) is 5.40. The average molecular weight is 199 g/mol. The van der Waals surface area contributed by atoms with Crippen molar-refractivity contribution >= 4 is 11.7 Å². The van der Waals surface area contributed by atoms with Gasteiger partial charge in [-0.15, -0.1) is 0 Å². The molecule has 1 atom stereocenters. The summed E-state index contributed by atoms with van der Waals surface area (Å²) in [4.78, 5) is 14.9. The van der Waals surface area contributed by atoms with E-state index in [-0.39, 0.29) is 6.61 Å². The number of carboxylic acid groups (broad SMARTS) is 1. The fourth-order valence-electron chi connectivity index (χ4n) is 1.61. The molecule has 14 heavy (non-hydrogen) atoms. The van der Waals surface area contributed by atoms with Crippen molar-refractivity contribution in [3.05, 3.63) is 0 Å². The van der Waals surface area contributed by atoms with Crippen molar-refractivity contribution in [2.24, 2.45) is 11.1 Å². The highest BCUT2D eigenvalue weighted by Gasteiger charge is 2.11. The molecular weight excluding hydrogens is 182 g/mol. The van der Waals surface area contributed by atoms with Crippen molar-refractivity contribution in [1.82, 2.24) is 0 Å². The van der Waals surface area contributed by atoms with E-state index in [0.29, 0.717) is 0 Å². The molecule has 1 saturated carbocycles. The number of oxime groups is 1. The zero-order valence-electron chi connectivity index (χ0n) is 8.53. The summed E-state index contributed by atoms with van der Waals surface area (Å²) in [5.41, 5.74) is 1.01. The standard InChI is InChI=1S/C10H17NO3/c1-8-3-2-4-9(6-5-8)11-14-7-10(12)13/h8H,2-7H2,1H3,(H,12,13). The molecule has 1 aliphatic carbocycles. The van der Waals surface area contributed by atoms with Crippen molar-refractivity contribution in [2.45, 2.75) is 39.0 Å². The summed E-state index contributed by atoms with van der Waals surface area (Å²) in [5, 5.41) is 12.2. The Hall–Kier alpha value is -1.06. The second kappa shape index (κ2) is 5.62. The summed E-state index contributed by atoms with van der Waals surface area (Å²) in [6, 6.07) is 0. The third kappa shape index (κ3) is 4.25. The van der Waals surface area contributed by atoms with E-state index in [1.165, 1.54) is 6.42 Å². The number of carboxylic acids is 1. The van der Waals surface area contributed by atoms with Gasteiger partial charge in [0, 0.05) is 0 Å². The van der Waals surface area contributed by atoms with Gasteiger partial charge in [0.05, 0.1) is 5.71 Å². The van der Waals surface area contributed by atoms with Gasteiger partial charge in [-0.2, -0.15) is 0 Å². The molecule has 0 saturated heterocycles. The van der Waals surface area contributed by atoms with Crippen molar-refractivity contribution in [3.8, 4) is 0 Å². The Labute approximate surface area is 83.9 Å². The predicted octanol–water partition coefficient (Wildman–Crippen LogP) is 2.04. The first kappa shape index (κ1) is 11.0. The third-order valence-electron chi connectivity index (χ3n) is 2.47. The number of hydrogen-bond donors (Lipinski definition) is 1. The third-order valence-corrected chi connectivity index (χ3v) is 2.47. The zero-order chi connectivity index (χ0) is 10.4. The Morgan fingerprint density at radius 2 is 2.36 bits per heavy atom. The van der Waals surface area contributed by atoms with Crippen LogP contribution in [0.5, 0.6) is 0 Å². The fourth-order valence-corrected chi connectivity index (χ4v) is 1.61. The molecular formula is C10H17NO3. The minimum Gasteiger partial charge on any atom is -0.479 e. The lowest BCUT2D eigenvalue weighted by atomic mass is 10.0. The summed E-state index contributed by atoms with van der Waals surface area (Å²) in [7, 11) is 0. The van der Waals surface area contributed by atoms with Crippen LogP contribution < -0.4 is 0 Å². The Kier molecular flexibility index (Phi) is 4.43. The second-order valence-electron chi connectivity index (χ2n) is 3.86. The molecule has 0 spiro atoms. The Balaban J connectivity index is 2.31. The molecule has 0 aromatic carbocycles. The Morgan fingerprint density at radius 3 is 3.07 bits per heavy atom. The summed E-state index contributed by atoms with van der Waals surface area (Å²) in [5.74, 6) is -0.224. The minimum atomic E-state index is -0.976. The van der Waals surface area contributed by atoms with Gasteiger partial charge >= 0.3 is 5.97 Å². The van der Waals surface area contributed by atoms with Gasteiger partial charge in [-0.05, 0) is 31.6 Å². The molecule has 0 heterocycles. The van der Waals surface area contributed by atoms with Crippen LogP contribution in [0.3, 0.4) is 0 Å². The van der Waals surface area contributed by atoms with Gasteiger partial charge in [-0.25, -0.2) is 4.79 Å². The molecule has 1 aliphatic rings. The van der Waals surface area contributed by atoms with Crippen molar-refractivity contribution in [1.29, 1.82) is 0 Å². The van der Waals surface area contributed by atoms with Crippen LogP contribution in [0.4, 0.5) is 0 Å². The molecule has 1 N–H and O–H groups in total. The van der Waals surface area contributed by atoms with Gasteiger partial charge in [-0.1, -0.05) is 18.5 Å². The smallest absolute Gasteiger partial charge is 0.344 e. The number of carbonyl (C=O) groups is 1.